The van der Waals surface area contributed by atoms with Gasteiger partial charge in [-0.2, -0.15) is 0 Å². The molecule has 0 aromatic carbocycles. The van der Waals surface area contributed by atoms with Crippen molar-refractivity contribution in [2.45, 2.75) is 37.8 Å². The van der Waals surface area contributed by atoms with Gasteiger partial charge in [0.15, 0.2) is 0 Å². The number of rotatable bonds is 8. The normalized spacial score (nSPS) is 13.1. The fourth-order valence-corrected chi connectivity index (χ4v) is 1.02. The lowest BCUT2D eigenvalue weighted by atomic mass is 10.2. The largest absolute Gasteiger partial charge is 0.481 e. The van der Waals surface area contributed by atoms with Gasteiger partial charge >= 0.3 is 17.9 Å². The van der Waals surface area contributed by atoms with Crippen LogP contribution in [0.3, 0.4) is 0 Å². The number of nitrogens with two attached hydrogens (primary N) is 3. The smallest absolute Gasteiger partial charge is 0.372 e. The minimum Gasteiger partial charge on any atom is -0.481 e. The Morgan fingerprint density at radius 1 is 0.900 bits per heavy atom. The van der Waals surface area contributed by atoms with E-state index in [2.05, 4.69) is 9.78 Å². The van der Waals surface area contributed by atoms with E-state index in [1.165, 1.54) is 0 Å². The summed E-state index contributed by atoms with van der Waals surface area (Å²) in [5.41, 5.74) is 15.5. The second kappa shape index (κ2) is 8.82. The molecule has 10 heteroatoms. The minimum atomic E-state index is -1.24. The zero-order chi connectivity index (χ0) is 15.7. The lowest BCUT2D eigenvalue weighted by Gasteiger charge is -2.11. The lowest BCUT2D eigenvalue weighted by Crippen LogP contribution is -2.37. The number of carboxylic acids is 1. The van der Waals surface area contributed by atoms with Crippen LogP contribution in [0.4, 0.5) is 0 Å². The molecule has 0 aromatic rings. The highest BCUT2D eigenvalue weighted by Gasteiger charge is 2.22. The van der Waals surface area contributed by atoms with E-state index in [1.807, 2.05) is 0 Å². The summed E-state index contributed by atoms with van der Waals surface area (Å²) in [6.45, 7) is 0. The average Bonchev–Trinajstić information content (AvgIpc) is 2.38. The highest BCUT2D eigenvalue weighted by molar-refractivity contribution is 5.80. The third-order valence-electron chi connectivity index (χ3n) is 2.18. The van der Waals surface area contributed by atoms with Crippen molar-refractivity contribution in [1.29, 1.82) is 0 Å². The van der Waals surface area contributed by atoms with Crippen LogP contribution in [-0.4, -0.2) is 41.0 Å². The van der Waals surface area contributed by atoms with E-state index >= 15 is 0 Å². The number of hydrogen-bond acceptors (Lipinski definition) is 8. The molecule has 114 valence electrons. The Hall–Kier alpha value is -2.20. The summed E-state index contributed by atoms with van der Waals surface area (Å²) in [5.74, 6) is -3.92. The summed E-state index contributed by atoms with van der Waals surface area (Å²) in [5, 5.41) is 8.39. The van der Waals surface area contributed by atoms with Crippen molar-refractivity contribution >= 4 is 23.8 Å². The molecule has 0 aliphatic heterocycles. The second-order valence-electron chi connectivity index (χ2n) is 3.96. The Labute approximate surface area is 114 Å². The van der Waals surface area contributed by atoms with Crippen molar-refractivity contribution in [2.24, 2.45) is 17.2 Å². The van der Waals surface area contributed by atoms with Gasteiger partial charge in [0.1, 0.15) is 12.1 Å². The molecule has 10 nitrogen and oxygen atoms in total. The van der Waals surface area contributed by atoms with E-state index in [0.717, 1.165) is 0 Å². The number of carbonyl (C=O) groups is 4. The van der Waals surface area contributed by atoms with Gasteiger partial charge in [-0.3, -0.25) is 9.59 Å². The number of amides is 1. The number of carbonyl (C=O) groups excluding carboxylic acids is 3. The molecule has 0 radical (unpaired) electrons. The van der Waals surface area contributed by atoms with Crippen LogP contribution in [0.1, 0.15) is 25.7 Å². The number of primary amides is 1. The van der Waals surface area contributed by atoms with Gasteiger partial charge in [0.2, 0.25) is 5.91 Å². The molecule has 0 aliphatic rings. The minimum absolute atomic E-state index is 0.0587. The Balaban J connectivity index is 4.01. The Kier molecular flexibility index (Phi) is 7.85. The van der Waals surface area contributed by atoms with Gasteiger partial charge in [-0.25, -0.2) is 19.4 Å². The van der Waals surface area contributed by atoms with Crippen LogP contribution in [-0.2, 0) is 29.0 Å². The first-order valence-corrected chi connectivity index (χ1v) is 5.67. The Morgan fingerprint density at radius 2 is 1.30 bits per heavy atom. The molecule has 0 aromatic heterocycles. The van der Waals surface area contributed by atoms with Gasteiger partial charge in [-0.15, -0.1) is 0 Å². The van der Waals surface area contributed by atoms with E-state index in [-0.39, 0.29) is 25.7 Å². The molecule has 2 atom stereocenters. The van der Waals surface area contributed by atoms with Crippen LogP contribution in [0.2, 0.25) is 0 Å². The zero-order valence-corrected chi connectivity index (χ0v) is 10.6. The average molecular weight is 291 g/mol. The fourth-order valence-electron chi connectivity index (χ4n) is 1.02. The third-order valence-corrected chi connectivity index (χ3v) is 2.18. The Morgan fingerprint density at radius 3 is 1.65 bits per heavy atom. The van der Waals surface area contributed by atoms with E-state index in [9.17, 15) is 19.2 Å². The van der Waals surface area contributed by atoms with Gasteiger partial charge in [0, 0.05) is 12.8 Å². The highest BCUT2D eigenvalue weighted by atomic mass is 17.2. The monoisotopic (exact) mass is 291 g/mol. The van der Waals surface area contributed by atoms with Crippen molar-refractivity contribution in [2.75, 3.05) is 0 Å². The maximum atomic E-state index is 11.2. The summed E-state index contributed by atoms with van der Waals surface area (Å²) in [6, 6.07) is -2.41. The van der Waals surface area contributed by atoms with Gasteiger partial charge in [0.25, 0.3) is 0 Å². The van der Waals surface area contributed by atoms with Crippen LogP contribution in [0.15, 0.2) is 0 Å². The fraction of sp³-hybridized carbons (Fsp3) is 0.600. The predicted molar refractivity (Wildman–Crippen MR) is 63.4 cm³/mol. The van der Waals surface area contributed by atoms with Crippen LogP contribution < -0.4 is 17.2 Å². The predicted octanol–water partition coefficient (Wildman–Crippen LogP) is -2.23. The lowest BCUT2D eigenvalue weighted by molar-refractivity contribution is -0.261. The molecule has 0 bridgehead atoms. The topological polar surface area (TPSA) is 185 Å². The Bertz CT molecular complexity index is 349. The van der Waals surface area contributed by atoms with E-state index < -0.39 is 35.9 Å². The molecule has 0 saturated heterocycles. The number of aliphatic carboxylic acids is 1. The van der Waals surface area contributed by atoms with Crippen LogP contribution in [0, 0.1) is 0 Å². The van der Waals surface area contributed by atoms with Gasteiger partial charge < -0.3 is 22.3 Å². The van der Waals surface area contributed by atoms with Gasteiger partial charge in [0.05, 0.1) is 0 Å². The van der Waals surface area contributed by atoms with Crippen LogP contribution >= 0.6 is 0 Å². The van der Waals surface area contributed by atoms with Crippen molar-refractivity contribution in [3.8, 4) is 0 Å². The first-order valence-electron chi connectivity index (χ1n) is 5.67. The van der Waals surface area contributed by atoms with Crippen molar-refractivity contribution in [3.63, 3.8) is 0 Å². The first-order chi connectivity index (χ1) is 9.23. The van der Waals surface area contributed by atoms with Gasteiger partial charge in [-0.1, -0.05) is 0 Å². The quantitative estimate of drug-likeness (QED) is 0.283. The molecule has 0 rings (SSSR count). The number of carboxylic acid groups (broad SMARTS) is 1. The van der Waals surface area contributed by atoms with E-state index in [1.54, 1.807) is 0 Å². The standard InChI is InChI=1S/C10H17N3O7/c11-5(1-3-7(13)14)9(17)19-20-10(18)6(12)2-4-8(15)16/h5-6H,1-4,11-12H2,(H2,13,14)(H,15,16)/t5-,6+/m0/s1. The van der Waals surface area contributed by atoms with Crippen molar-refractivity contribution in [3.05, 3.63) is 0 Å². The molecular weight excluding hydrogens is 274 g/mol. The highest BCUT2D eigenvalue weighted by Crippen LogP contribution is 2.01. The van der Waals surface area contributed by atoms with Gasteiger partial charge in [-0.05, 0) is 12.8 Å². The van der Waals surface area contributed by atoms with Crippen molar-refractivity contribution < 1.29 is 34.1 Å². The molecule has 0 spiro atoms. The zero-order valence-electron chi connectivity index (χ0n) is 10.6. The molecule has 20 heavy (non-hydrogen) atoms. The van der Waals surface area contributed by atoms with Crippen molar-refractivity contribution in [1.82, 2.24) is 0 Å². The maximum absolute atomic E-state index is 11.2. The summed E-state index contributed by atoms with van der Waals surface area (Å²) in [6.07, 6.45) is -0.680. The van der Waals surface area contributed by atoms with Crippen LogP contribution in [0.5, 0.6) is 0 Å². The molecule has 7 N–H and O–H groups in total. The molecule has 0 heterocycles. The molecule has 1 amide bonds. The second-order valence-corrected chi connectivity index (χ2v) is 3.96. The molecule has 0 fully saturated rings. The van der Waals surface area contributed by atoms with Crippen LogP contribution in [0.25, 0.3) is 0 Å². The summed E-state index contributed by atoms with van der Waals surface area (Å²) in [7, 11) is 0. The molecule has 0 unspecified atom stereocenters. The maximum Gasteiger partial charge on any atom is 0.372 e. The summed E-state index contributed by atoms with van der Waals surface area (Å²) in [4.78, 5) is 51.4. The van der Waals surface area contributed by atoms with E-state index in [0.29, 0.717) is 0 Å². The number of hydrogen-bond donors (Lipinski definition) is 4. The molecule has 0 saturated carbocycles. The first kappa shape index (κ1) is 17.8. The molecular formula is C10H17N3O7. The summed E-state index contributed by atoms with van der Waals surface area (Å²) >= 11 is 0. The van der Waals surface area contributed by atoms with E-state index in [4.69, 9.17) is 22.3 Å². The molecule has 0 aliphatic carbocycles. The third kappa shape index (κ3) is 8.00. The SMILES string of the molecule is NC(=O)CC[C@H](N)C(=O)OOC(=O)[C@H](N)CCC(=O)O. The summed E-state index contributed by atoms with van der Waals surface area (Å²) < 4.78 is 0.